The molecule has 2 saturated heterocycles. The fourth-order valence-electron chi connectivity index (χ4n) is 4.44. The minimum absolute atomic E-state index is 0.215. The van der Waals surface area contributed by atoms with Gasteiger partial charge < -0.3 is 15.1 Å². The summed E-state index contributed by atoms with van der Waals surface area (Å²) in [5.41, 5.74) is 0.359. The number of amides is 2. The van der Waals surface area contributed by atoms with Crippen LogP contribution in [0.5, 0.6) is 0 Å². The van der Waals surface area contributed by atoms with Crippen molar-refractivity contribution < 1.29 is 9.59 Å². The van der Waals surface area contributed by atoms with Crippen molar-refractivity contribution in [2.24, 2.45) is 0 Å². The standard InChI is InChI=1S/C23H32N6O2/c1-17(2)27-13-15-29(16-14-27)22-19-8-4-3-7-18(19)21(25-26-22)23(31)24-10-6-12-28-11-5-9-20(28)30/h3-4,7-8,17H,5-6,9-16H2,1-2H3,(H,24,31). The zero-order valence-corrected chi connectivity index (χ0v) is 18.5. The Morgan fingerprint density at radius 3 is 2.48 bits per heavy atom. The zero-order chi connectivity index (χ0) is 21.8. The normalized spacial score (nSPS) is 17.7. The average Bonchev–Trinajstić information content (AvgIpc) is 3.20. The summed E-state index contributed by atoms with van der Waals surface area (Å²) in [7, 11) is 0. The number of aromatic nitrogens is 2. The summed E-state index contributed by atoms with van der Waals surface area (Å²) in [6.07, 6.45) is 2.32. The molecule has 1 N–H and O–H groups in total. The van der Waals surface area contributed by atoms with Gasteiger partial charge >= 0.3 is 0 Å². The smallest absolute Gasteiger partial charge is 0.272 e. The third kappa shape index (κ3) is 4.79. The molecule has 0 saturated carbocycles. The number of fused-ring (bicyclic) bond motifs is 1. The van der Waals surface area contributed by atoms with Gasteiger partial charge in [-0.1, -0.05) is 24.3 Å². The summed E-state index contributed by atoms with van der Waals surface area (Å²) in [6.45, 7) is 10.3. The van der Waals surface area contributed by atoms with Crippen LogP contribution in [-0.2, 0) is 4.79 Å². The zero-order valence-electron chi connectivity index (χ0n) is 18.5. The molecule has 3 heterocycles. The number of benzene rings is 1. The minimum atomic E-state index is -0.215. The van der Waals surface area contributed by atoms with E-state index in [-0.39, 0.29) is 11.8 Å². The molecule has 0 spiro atoms. The molecule has 2 aromatic rings. The molecule has 1 aromatic heterocycles. The monoisotopic (exact) mass is 424 g/mol. The summed E-state index contributed by atoms with van der Waals surface area (Å²) in [5.74, 6) is 0.851. The Labute approximate surface area is 183 Å². The molecule has 1 aromatic carbocycles. The van der Waals surface area contributed by atoms with Crippen molar-refractivity contribution in [1.82, 2.24) is 25.3 Å². The first-order valence-electron chi connectivity index (χ1n) is 11.3. The first kappa shape index (κ1) is 21.5. The Kier molecular flexibility index (Phi) is 6.65. The second-order valence-corrected chi connectivity index (χ2v) is 8.63. The molecule has 8 heteroatoms. The van der Waals surface area contributed by atoms with Crippen molar-refractivity contribution in [2.75, 3.05) is 50.7 Å². The van der Waals surface area contributed by atoms with Crippen molar-refractivity contribution in [3.63, 3.8) is 0 Å². The molecule has 0 atom stereocenters. The number of piperazine rings is 1. The van der Waals surface area contributed by atoms with Crippen LogP contribution in [0.25, 0.3) is 10.8 Å². The summed E-state index contributed by atoms with van der Waals surface area (Å²) >= 11 is 0. The van der Waals surface area contributed by atoms with Crippen LogP contribution < -0.4 is 10.2 Å². The van der Waals surface area contributed by atoms with Crippen LogP contribution in [0, 0.1) is 0 Å². The van der Waals surface area contributed by atoms with E-state index in [9.17, 15) is 9.59 Å². The quantitative estimate of drug-likeness (QED) is 0.684. The van der Waals surface area contributed by atoms with Gasteiger partial charge in [0, 0.05) is 69.0 Å². The number of nitrogens with zero attached hydrogens (tertiary/aromatic N) is 5. The van der Waals surface area contributed by atoms with E-state index in [0.717, 1.165) is 62.2 Å². The number of hydrogen-bond acceptors (Lipinski definition) is 6. The van der Waals surface area contributed by atoms with Gasteiger partial charge in [0.25, 0.3) is 5.91 Å². The number of anilines is 1. The largest absolute Gasteiger partial charge is 0.352 e. The molecule has 0 aliphatic carbocycles. The molecule has 0 bridgehead atoms. The van der Waals surface area contributed by atoms with E-state index in [2.05, 4.69) is 39.2 Å². The lowest BCUT2D eigenvalue weighted by Gasteiger charge is -2.37. The van der Waals surface area contributed by atoms with E-state index in [0.29, 0.717) is 31.2 Å². The van der Waals surface area contributed by atoms with Gasteiger partial charge in [-0.3, -0.25) is 14.5 Å². The average molecular weight is 425 g/mol. The lowest BCUT2D eigenvalue weighted by molar-refractivity contribution is -0.127. The van der Waals surface area contributed by atoms with Gasteiger partial charge in [-0.25, -0.2) is 0 Å². The molecule has 31 heavy (non-hydrogen) atoms. The van der Waals surface area contributed by atoms with E-state index < -0.39 is 0 Å². The number of rotatable bonds is 7. The van der Waals surface area contributed by atoms with Crippen LogP contribution in [0.2, 0.25) is 0 Å². The van der Waals surface area contributed by atoms with Crippen molar-refractivity contribution in [1.29, 1.82) is 0 Å². The van der Waals surface area contributed by atoms with Crippen molar-refractivity contribution in [2.45, 2.75) is 39.2 Å². The Balaban J connectivity index is 1.42. The maximum atomic E-state index is 12.8. The summed E-state index contributed by atoms with van der Waals surface area (Å²) in [6, 6.07) is 8.41. The highest BCUT2D eigenvalue weighted by atomic mass is 16.2. The van der Waals surface area contributed by atoms with Crippen LogP contribution in [0.3, 0.4) is 0 Å². The minimum Gasteiger partial charge on any atom is -0.352 e. The lowest BCUT2D eigenvalue weighted by atomic mass is 10.1. The van der Waals surface area contributed by atoms with Crippen LogP contribution >= 0.6 is 0 Å². The van der Waals surface area contributed by atoms with Gasteiger partial charge in [0.05, 0.1) is 0 Å². The molecule has 2 amide bonds. The lowest BCUT2D eigenvalue weighted by Crippen LogP contribution is -2.49. The van der Waals surface area contributed by atoms with Gasteiger partial charge in [-0.05, 0) is 26.7 Å². The molecule has 2 aliphatic rings. The Morgan fingerprint density at radius 1 is 1.06 bits per heavy atom. The van der Waals surface area contributed by atoms with E-state index in [4.69, 9.17) is 0 Å². The number of hydrogen-bond donors (Lipinski definition) is 1. The molecule has 2 fully saturated rings. The van der Waals surface area contributed by atoms with E-state index >= 15 is 0 Å². The molecule has 0 radical (unpaired) electrons. The SMILES string of the molecule is CC(C)N1CCN(c2nnc(C(=O)NCCCN3CCCC3=O)c3ccccc23)CC1. The van der Waals surface area contributed by atoms with E-state index in [1.165, 1.54) is 0 Å². The second-order valence-electron chi connectivity index (χ2n) is 8.63. The van der Waals surface area contributed by atoms with Gasteiger partial charge in [0.2, 0.25) is 5.91 Å². The molecule has 8 nitrogen and oxygen atoms in total. The highest BCUT2D eigenvalue weighted by Crippen LogP contribution is 2.27. The van der Waals surface area contributed by atoms with Crippen molar-refractivity contribution in [3.8, 4) is 0 Å². The maximum Gasteiger partial charge on any atom is 0.272 e. The third-order valence-corrected chi connectivity index (χ3v) is 6.29. The fraction of sp³-hybridized carbons (Fsp3) is 0.565. The number of carbonyl (C=O) groups excluding carboxylic acids is 2. The molecule has 2 aliphatic heterocycles. The Morgan fingerprint density at radius 2 is 1.81 bits per heavy atom. The molecular weight excluding hydrogens is 392 g/mol. The van der Waals surface area contributed by atoms with E-state index in [1.807, 2.05) is 29.2 Å². The summed E-state index contributed by atoms with van der Waals surface area (Å²) in [4.78, 5) is 31.1. The second kappa shape index (κ2) is 9.60. The molecular formula is C23H32N6O2. The fourth-order valence-corrected chi connectivity index (χ4v) is 4.44. The Hall–Kier alpha value is -2.74. The van der Waals surface area contributed by atoms with Crippen LogP contribution in [0.15, 0.2) is 24.3 Å². The van der Waals surface area contributed by atoms with Crippen LogP contribution in [0.1, 0.15) is 43.6 Å². The third-order valence-electron chi connectivity index (χ3n) is 6.29. The highest BCUT2D eigenvalue weighted by molar-refractivity contribution is 6.07. The van der Waals surface area contributed by atoms with Gasteiger partial charge in [0.1, 0.15) is 0 Å². The van der Waals surface area contributed by atoms with Crippen molar-refractivity contribution in [3.05, 3.63) is 30.0 Å². The first-order chi connectivity index (χ1) is 15.0. The first-order valence-corrected chi connectivity index (χ1v) is 11.3. The van der Waals surface area contributed by atoms with Gasteiger partial charge in [-0.15, -0.1) is 10.2 Å². The highest BCUT2D eigenvalue weighted by Gasteiger charge is 2.24. The summed E-state index contributed by atoms with van der Waals surface area (Å²) < 4.78 is 0. The van der Waals surface area contributed by atoms with Crippen LogP contribution in [0.4, 0.5) is 5.82 Å². The maximum absolute atomic E-state index is 12.8. The van der Waals surface area contributed by atoms with Gasteiger partial charge in [-0.2, -0.15) is 0 Å². The molecule has 4 rings (SSSR count). The Bertz CT molecular complexity index is 939. The predicted octanol–water partition coefficient (Wildman–Crippen LogP) is 1.90. The number of nitrogens with one attached hydrogen (secondary N) is 1. The van der Waals surface area contributed by atoms with E-state index in [1.54, 1.807) is 0 Å². The number of carbonyl (C=O) groups is 2. The number of likely N-dealkylation sites (tertiary alicyclic amines) is 1. The molecule has 0 unspecified atom stereocenters. The van der Waals surface area contributed by atoms with Crippen LogP contribution in [-0.4, -0.2) is 83.7 Å². The topological polar surface area (TPSA) is 81.7 Å². The van der Waals surface area contributed by atoms with Gasteiger partial charge in [0.15, 0.2) is 11.5 Å². The predicted molar refractivity (Wildman–Crippen MR) is 121 cm³/mol. The van der Waals surface area contributed by atoms with Crippen molar-refractivity contribution >= 4 is 28.4 Å². The summed E-state index contributed by atoms with van der Waals surface area (Å²) in [5, 5.41) is 13.5. The molecule has 166 valence electrons.